The molecule has 0 heterocycles. The molecule has 1 atom stereocenters. The summed E-state index contributed by atoms with van der Waals surface area (Å²) in [6.07, 6.45) is 1.03. The van der Waals surface area contributed by atoms with Gasteiger partial charge in [-0.05, 0) is 12.0 Å². The maximum absolute atomic E-state index is 11.1. The lowest BCUT2D eigenvalue weighted by Gasteiger charge is -2.11. The van der Waals surface area contributed by atoms with Crippen LogP contribution in [0.5, 0.6) is 0 Å². The van der Waals surface area contributed by atoms with Gasteiger partial charge in [0, 0.05) is 17.9 Å². The number of carboxylic acid groups (broad SMARTS) is 1. The van der Waals surface area contributed by atoms with Crippen LogP contribution < -0.4 is 0 Å². The van der Waals surface area contributed by atoms with E-state index in [0.29, 0.717) is 24.3 Å². The first-order valence-corrected chi connectivity index (χ1v) is 6.61. The van der Waals surface area contributed by atoms with Gasteiger partial charge in [0.1, 0.15) is 0 Å². The molecule has 90 valence electrons. The van der Waals surface area contributed by atoms with Crippen molar-refractivity contribution in [2.24, 2.45) is 5.92 Å². The fourth-order valence-electron chi connectivity index (χ4n) is 1.46. The highest BCUT2D eigenvalue weighted by Gasteiger charge is 2.17. The monoisotopic (exact) mass is 249 g/mol. The van der Waals surface area contributed by atoms with Gasteiger partial charge >= 0.3 is 5.97 Å². The lowest BCUT2D eigenvalue weighted by atomic mass is 10.0. The minimum Gasteiger partial charge on any atom is -0.481 e. The summed E-state index contributed by atoms with van der Waals surface area (Å²) in [4.78, 5) is 11.1. The second-order valence-corrected chi connectivity index (χ2v) is 4.86. The van der Waals surface area contributed by atoms with Crippen molar-refractivity contribution in [2.45, 2.75) is 12.8 Å². The van der Waals surface area contributed by atoms with Gasteiger partial charge in [-0.3, -0.25) is 4.79 Å². The fourth-order valence-corrected chi connectivity index (χ4v) is 2.41. The summed E-state index contributed by atoms with van der Waals surface area (Å²) in [6.45, 7) is 0. The molecule has 1 aromatic carbocycles. The summed E-state index contributed by atoms with van der Waals surface area (Å²) in [5.41, 5.74) is 1.04. The van der Waals surface area contributed by atoms with Crippen LogP contribution in [0, 0.1) is 17.2 Å². The molecule has 3 nitrogen and oxygen atoms in total. The molecule has 0 aliphatic heterocycles. The Labute approximate surface area is 105 Å². The summed E-state index contributed by atoms with van der Waals surface area (Å²) in [7, 11) is 0. The van der Waals surface area contributed by atoms with Crippen molar-refractivity contribution in [2.75, 3.05) is 11.5 Å². The number of carboxylic acids is 1. The first-order valence-electron chi connectivity index (χ1n) is 5.45. The quantitative estimate of drug-likeness (QED) is 0.754. The van der Waals surface area contributed by atoms with Crippen LogP contribution in [0.4, 0.5) is 0 Å². The van der Waals surface area contributed by atoms with Crippen LogP contribution in [0.3, 0.4) is 0 Å². The number of benzene rings is 1. The van der Waals surface area contributed by atoms with Crippen molar-refractivity contribution >= 4 is 17.7 Å². The van der Waals surface area contributed by atoms with Crippen LogP contribution in [0.25, 0.3) is 0 Å². The maximum Gasteiger partial charge on any atom is 0.307 e. The number of rotatable bonds is 7. The predicted octanol–water partition coefficient (Wildman–Crippen LogP) is 2.58. The van der Waals surface area contributed by atoms with Crippen molar-refractivity contribution in [3.8, 4) is 6.07 Å². The van der Waals surface area contributed by atoms with E-state index in [0.717, 1.165) is 5.56 Å². The van der Waals surface area contributed by atoms with E-state index < -0.39 is 5.97 Å². The van der Waals surface area contributed by atoms with Crippen LogP contribution in [-0.2, 0) is 11.2 Å². The summed E-state index contributed by atoms with van der Waals surface area (Å²) in [6, 6.07) is 11.7. The molecule has 1 rings (SSSR count). The Morgan fingerprint density at radius 1 is 1.41 bits per heavy atom. The molecular weight excluding hydrogens is 234 g/mol. The highest BCUT2D eigenvalue weighted by Crippen LogP contribution is 2.15. The molecule has 17 heavy (non-hydrogen) atoms. The van der Waals surface area contributed by atoms with E-state index >= 15 is 0 Å². The second-order valence-electron chi connectivity index (χ2n) is 3.71. The van der Waals surface area contributed by atoms with Crippen LogP contribution in [0.2, 0.25) is 0 Å². The molecule has 1 unspecified atom stereocenters. The van der Waals surface area contributed by atoms with Gasteiger partial charge in [0.05, 0.1) is 12.0 Å². The van der Waals surface area contributed by atoms with E-state index in [1.807, 2.05) is 30.3 Å². The molecule has 0 aliphatic carbocycles. The molecule has 0 spiro atoms. The zero-order chi connectivity index (χ0) is 12.5. The van der Waals surface area contributed by atoms with Gasteiger partial charge in [-0.15, -0.1) is 0 Å². The van der Waals surface area contributed by atoms with Crippen molar-refractivity contribution in [3.63, 3.8) is 0 Å². The molecule has 0 bridgehead atoms. The third-order valence-electron chi connectivity index (χ3n) is 2.35. The Bertz CT molecular complexity index is 386. The zero-order valence-corrected chi connectivity index (χ0v) is 10.3. The van der Waals surface area contributed by atoms with Gasteiger partial charge in [-0.2, -0.15) is 17.0 Å². The number of carbonyl (C=O) groups is 1. The van der Waals surface area contributed by atoms with E-state index in [1.54, 1.807) is 0 Å². The Hall–Kier alpha value is -1.47. The number of nitriles is 1. The van der Waals surface area contributed by atoms with E-state index in [1.165, 1.54) is 11.8 Å². The Morgan fingerprint density at radius 3 is 2.71 bits per heavy atom. The topological polar surface area (TPSA) is 61.1 Å². The largest absolute Gasteiger partial charge is 0.481 e. The molecule has 0 saturated carbocycles. The summed E-state index contributed by atoms with van der Waals surface area (Å²) < 4.78 is 0. The molecule has 1 aromatic rings. The summed E-state index contributed by atoms with van der Waals surface area (Å²) >= 11 is 1.53. The normalized spacial score (nSPS) is 11.7. The number of thioether (sulfide) groups is 1. The number of hydrogen-bond donors (Lipinski definition) is 1. The number of aliphatic carboxylic acids is 1. The van der Waals surface area contributed by atoms with Crippen molar-refractivity contribution in [1.82, 2.24) is 0 Å². The Kier molecular flexibility index (Phi) is 6.19. The minimum atomic E-state index is -0.765. The predicted molar refractivity (Wildman–Crippen MR) is 68.8 cm³/mol. The first kappa shape index (κ1) is 13.6. The SMILES string of the molecule is N#CCCSCC(Cc1ccccc1)C(=O)O. The second kappa shape index (κ2) is 7.75. The average molecular weight is 249 g/mol. The highest BCUT2D eigenvalue weighted by atomic mass is 32.2. The molecule has 0 saturated heterocycles. The number of nitrogens with zero attached hydrogens (tertiary/aromatic N) is 1. The van der Waals surface area contributed by atoms with Crippen molar-refractivity contribution in [3.05, 3.63) is 35.9 Å². The van der Waals surface area contributed by atoms with Crippen LogP contribution in [-0.4, -0.2) is 22.6 Å². The molecule has 4 heteroatoms. The van der Waals surface area contributed by atoms with E-state index in [9.17, 15) is 4.79 Å². The van der Waals surface area contributed by atoms with Crippen LogP contribution in [0.15, 0.2) is 30.3 Å². The third kappa shape index (κ3) is 5.41. The maximum atomic E-state index is 11.1. The van der Waals surface area contributed by atoms with Gasteiger partial charge < -0.3 is 5.11 Å². The highest BCUT2D eigenvalue weighted by molar-refractivity contribution is 7.99. The zero-order valence-electron chi connectivity index (χ0n) is 9.50. The van der Waals surface area contributed by atoms with E-state index in [2.05, 4.69) is 6.07 Å². The standard InChI is InChI=1S/C13H15NO2S/c14-7-4-8-17-10-12(13(15)16)9-11-5-2-1-3-6-11/h1-3,5-6,12H,4,8-10H2,(H,15,16). The van der Waals surface area contributed by atoms with Crippen LogP contribution >= 0.6 is 11.8 Å². The summed E-state index contributed by atoms with van der Waals surface area (Å²) in [5, 5.41) is 17.5. The Balaban J connectivity index is 2.44. The van der Waals surface area contributed by atoms with Crippen LogP contribution in [0.1, 0.15) is 12.0 Å². The minimum absolute atomic E-state index is 0.374. The lowest BCUT2D eigenvalue weighted by molar-refractivity contribution is -0.140. The van der Waals surface area contributed by atoms with Crippen molar-refractivity contribution < 1.29 is 9.90 Å². The lowest BCUT2D eigenvalue weighted by Crippen LogP contribution is -2.19. The van der Waals surface area contributed by atoms with Gasteiger partial charge in [0.2, 0.25) is 0 Å². The average Bonchev–Trinajstić information content (AvgIpc) is 2.34. The molecule has 0 aromatic heterocycles. The molecule has 1 N–H and O–H groups in total. The summed E-state index contributed by atoms with van der Waals surface area (Å²) in [5.74, 6) is 0.125. The van der Waals surface area contributed by atoms with E-state index in [-0.39, 0.29) is 5.92 Å². The van der Waals surface area contributed by atoms with Gasteiger partial charge in [0.15, 0.2) is 0 Å². The molecule has 0 amide bonds. The molecule has 0 aliphatic rings. The molecular formula is C13H15NO2S. The first-order chi connectivity index (χ1) is 8.24. The van der Waals surface area contributed by atoms with Crippen molar-refractivity contribution in [1.29, 1.82) is 5.26 Å². The molecule has 0 fully saturated rings. The number of hydrogen-bond acceptors (Lipinski definition) is 3. The van der Waals surface area contributed by atoms with Gasteiger partial charge in [-0.1, -0.05) is 30.3 Å². The van der Waals surface area contributed by atoms with Gasteiger partial charge in [-0.25, -0.2) is 0 Å². The Morgan fingerprint density at radius 2 is 2.12 bits per heavy atom. The fraction of sp³-hybridized carbons (Fsp3) is 0.385. The smallest absolute Gasteiger partial charge is 0.307 e. The van der Waals surface area contributed by atoms with Gasteiger partial charge in [0.25, 0.3) is 0 Å². The molecule has 0 radical (unpaired) electrons. The van der Waals surface area contributed by atoms with E-state index in [4.69, 9.17) is 10.4 Å². The third-order valence-corrected chi connectivity index (χ3v) is 3.48.